The van der Waals surface area contributed by atoms with Gasteiger partial charge in [-0.15, -0.1) is 0 Å². The Hall–Kier alpha value is -3.22. The fourth-order valence-electron chi connectivity index (χ4n) is 2.92. The number of anilines is 1. The lowest BCUT2D eigenvalue weighted by atomic mass is 9.99. The van der Waals surface area contributed by atoms with Crippen molar-refractivity contribution in [2.24, 2.45) is 0 Å². The molecular formula is C22H23N3O3. The lowest BCUT2D eigenvalue weighted by Crippen LogP contribution is -2.18. The molecule has 1 heterocycles. The van der Waals surface area contributed by atoms with E-state index in [2.05, 4.69) is 15.6 Å². The number of nitrogens with zero attached hydrogens (tertiary/aromatic N) is 1. The highest BCUT2D eigenvalue weighted by Crippen LogP contribution is 2.28. The maximum absolute atomic E-state index is 12.6. The number of amides is 1. The standard InChI is InChI=1S/C22H23N3O3/c1-15-18(16-6-3-2-4-7-16)8-5-9-19(15)25-22(28)20-12-21(27)17(14-24-20)13-23-10-11-26/h2-9,12,14,23,26H,10-11,13H2,1H3,(H,24,27)(H,25,28). The summed E-state index contributed by atoms with van der Waals surface area (Å²) in [5, 5.41) is 24.8. The van der Waals surface area contributed by atoms with Gasteiger partial charge in [-0.2, -0.15) is 0 Å². The molecule has 0 aliphatic heterocycles. The van der Waals surface area contributed by atoms with Gasteiger partial charge in [0.2, 0.25) is 0 Å². The number of rotatable bonds is 7. The molecule has 28 heavy (non-hydrogen) atoms. The van der Waals surface area contributed by atoms with Crippen LogP contribution < -0.4 is 10.6 Å². The van der Waals surface area contributed by atoms with Crippen LogP contribution in [0.3, 0.4) is 0 Å². The van der Waals surface area contributed by atoms with E-state index in [1.54, 1.807) is 0 Å². The predicted molar refractivity (Wildman–Crippen MR) is 109 cm³/mol. The van der Waals surface area contributed by atoms with Crippen molar-refractivity contribution in [3.8, 4) is 16.9 Å². The number of benzene rings is 2. The SMILES string of the molecule is Cc1c(NC(=O)c2cc(O)c(CNCCO)cn2)cccc1-c1ccccc1. The molecule has 6 nitrogen and oxygen atoms in total. The maximum Gasteiger partial charge on any atom is 0.274 e. The molecule has 0 saturated carbocycles. The second-order valence-corrected chi connectivity index (χ2v) is 6.40. The highest BCUT2D eigenvalue weighted by Gasteiger charge is 2.14. The number of carbonyl (C=O) groups excluding carboxylic acids is 1. The van der Waals surface area contributed by atoms with Crippen molar-refractivity contribution < 1.29 is 15.0 Å². The minimum Gasteiger partial charge on any atom is -0.507 e. The third kappa shape index (κ3) is 4.54. The molecule has 0 unspecified atom stereocenters. The van der Waals surface area contributed by atoms with Gasteiger partial charge in [0.05, 0.1) is 6.61 Å². The Bertz CT molecular complexity index is 958. The summed E-state index contributed by atoms with van der Waals surface area (Å²) >= 11 is 0. The van der Waals surface area contributed by atoms with E-state index in [1.165, 1.54) is 12.3 Å². The average molecular weight is 377 g/mol. The number of aromatic nitrogens is 1. The van der Waals surface area contributed by atoms with Crippen molar-refractivity contribution in [2.75, 3.05) is 18.5 Å². The highest BCUT2D eigenvalue weighted by atomic mass is 16.3. The second-order valence-electron chi connectivity index (χ2n) is 6.40. The number of nitrogens with one attached hydrogen (secondary N) is 2. The smallest absolute Gasteiger partial charge is 0.274 e. The van der Waals surface area contributed by atoms with Crippen molar-refractivity contribution in [2.45, 2.75) is 13.5 Å². The number of aromatic hydroxyl groups is 1. The zero-order chi connectivity index (χ0) is 19.9. The van der Waals surface area contributed by atoms with Crippen LogP contribution in [0.25, 0.3) is 11.1 Å². The Labute approximate surface area is 163 Å². The van der Waals surface area contributed by atoms with Crippen molar-refractivity contribution in [1.29, 1.82) is 0 Å². The van der Waals surface area contributed by atoms with E-state index in [-0.39, 0.29) is 18.1 Å². The van der Waals surface area contributed by atoms with E-state index in [0.29, 0.717) is 24.3 Å². The summed E-state index contributed by atoms with van der Waals surface area (Å²) in [7, 11) is 0. The Morgan fingerprint density at radius 1 is 1.11 bits per heavy atom. The van der Waals surface area contributed by atoms with Gasteiger partial charge in [-0.25, -0.2) is 0 Å². The summed E-state index contributed by atoms with van der Waals surface area (Å²) < 4.78 is 0. The molecule has 0 radical (unpaired) electrons. The first-order valence-electron chi connectivity index (χ1n) is 9.06. The highest BCUT2D eigenvalue weighted by molar-refractivity contribution is 6.04. The average Bonchev–Trinajstić information content (AvgIpc) is 2.71. The summed E-state index contributed by atoms with van der Waals surface area (Å²) in [5.41, 5.74) is 4.46. The van der Waals surface area contributed by atoms with Crippen LogP contribution in [0.4, 0.5) is 5.69 Å². The minimum atomic E-state index is -0.390. The van der Waals surface area contributed by atoms with E-state index in [0.717, 1.165) is 16.7 Å². The van der Waals surface area contributed by atoms with Crippen LogP contribution in [-0.2, 0) is 6.54 Å². The normalized spacial score (nSPS) is 10.6. The maximum atomic E-state index is 12.6. The van der Waals surface area contributed by atoms with Gasteiger partial charge >= 0.3 is 0 Å². The van der Waals surface area contributed by atoms with Gasteiger partial charge in [0.1, 0.15) is 11.4 Å². The van der Waals surface area contributed by atoms with Crippen LogP contribution in [0.5, 0.6) is 5.75 Å². The Kier molecular flexibility index (Phi) is 6.37. The first kappa shape index (κ1) is 19.5. The molecule has 0 bridgehead atoms. The molecule has 0 atom stereocenters. The number of aliphatic hydroxyl groups excluding tert-OH is 1. The Morgan fingerprint density at radius 2 is 1.89 bits per heavy atom. The zero-order valence-electron chi connectivity index (χ0n) is 15.6. The van der Waals surface area contributed by atoms with Crippen LogP contribution in [0.15, 0.2) is 60.8 Å². The van der Waals surface area contributed by atoms with Crippen LogP contribution in [0.2, 0.25) is 0 Å². The molecule has 6 heteroatoms. The first-order valence-corrected chi connectivity index (χ1v) is 9.06. The Balaban J connectivity index is 1.77. The van der Waals surface area contributed by atoms with Gasteiger partial charge in [0.15, 0.2) is 0 Å². The molecule has 0 aliphatic carbocycles. The fourth-order valence-corrected chi connectivity index (χ4v) is 2.92. The van der Waals surface area contributed by atoms with Crippen LogP contribution in [-0.4, -0.2) is 34.3 Å². The van der Waals surface area contributed by atoms with Crippen molar-refractivity contribution >= 4 is 11.6 Å². The summed E-state index contributed by atoms with van der Waals surface area (Å²) in [6.07, 6.45) is 1.46. The number of carbonyl (C=O) groups is 1. The summed E-state index contributed by atoms with van der Waals surface area (Å²) in [6.45, 7) is 2.74. The van der Waals surface area contributed by atoms with Crippen LogP contribution in [0, 0.1) is 6.92 Å². The third-order valence-corrected chi connectivity index (χ3v) is 4.47. The van der Waals surface area contributed by atoms with E-state index in [9.17, 15) is 9.90 Å². The summed E-state index contributed by atoms with van der Waals surface area (Å²) in [5.74, 6) is -0.404. The number of hydrogen-bond donors (Lipinski definition) is 4. The Morgan fingerprint density at radius 3 is 2.61 bits per heavy atom. The van der Waals surface area contributed by atoms with Gasteiger partial charge in [-0.05, 0) is 29.7 Å². The molecule has 3 aromatic rings. The molecule has 0 saturated heterocycles. The topological polar surface area (TPSA) is 94.5 Å². The third-order valence-electron chi connectivity index (χ3n) is 4.47. The molecule has 0 fully saturated rings. The van der Waals surface area contributed by atoms with E-state index in [4.69, 9.17) is 5.11 Å². The molecule has 3 rings (SSSR count). The van der Waals surface area contributed by atoms with Crippen LogP contribution in [0.1, 0.15) is 21.6 Å². The van der Waals surface area contributed by atoms with Crippen molar-refractivity contribution in [3.05, 3.63) is 77.6 Å². The molecule has 0 spiro atoms. The van der Waals surface area contributed by atoms with Gasteiger partial charge in [-0.3, -0.25) is 9.78 Å². The van der Waals surface area contributed by atoms with E-state index < -0.39 is 5.91 Å². The summed E-state index contributed by atoms with van der Waals surface area (Å²) in [4.78, 5) is 16.8. The predicted octanol–water partition coefficient (Wildman–Crippen LogP) is 3.10. The van der Waals surface area contributed by atoms with Crippen molar-refractivity contribution in [1.82, 2.24) is 10.3 Å². The zero-order valence-corrected chi connectivity index (χ0v) is 15.6. The fraction of sp³-hybridized carbons (Fsp3) is 0.182. The first-order chi connectivity index (χ1) is 13.6. The van der Waals surface area contributed by atoms with E-state index >= 15 is 0 Å². The number of aliphatic hydroxyl groups is 1. The van der Waals surface area contributed by atoms with Gasteiger partial charge in [-0.1, -0.05) is 42.5 Å². The quantitative estimate of drug-likeness (QED) is 0.475. The monoisotopic (exact) mass is 377 g/mol. The molecule has 1 aromatic heterocycles. The molecular weight excluding hydrogens is 354 g/mol. The van der Waals surface area contributed by atoms with Gasteiger partial charge in [0.25, 0.3) is 5.91 Å². The molecule has 144 valence electrons. The lowest BCUT2D eigenvalue weighted by molar-refractivity contribution is 0.102. The van der Waals surface area contributed by atoms with E-state index in [1.807, 2.05) is 55.5 Å². The minimum absolute atomic E-state index is 0.01000. The van der Waals surface area contributed by atoms with Crippen LogP contribution >= 0.6 is 0 Å². The lowest BCUT2D eigenvalue weighted by Gasteiger charge is -2.13. The number of pyridine rings is 1. The van der Waals surface area contributed by atoms with Gasteiger partial charge < -0.3 is 20.8 Å². The second kappa shape index (κ2) is 9.12. The van der Waals surface area contributed by atoms with Gasteiger partial charge in [0, 0.05) is 36.6 Å². The molecule has 0 aliphatic rings. The largest absolute Gasteiger partial charge is 0.507 e. The molecule has 4 N–H and O–H groups in total. The van der Waals surface area contributed by atoms with Crippen molar-refractivity contribution in [3.63, 3.8) is 0 Å². The molecule has 1 amide bonds. The molecule has 2 aromatic carbocycles. The number of hydrogen-bond acceptors (Lipinski definition) is 5. The summed E-state index contributed by atoms with van der Waals surface area (Å²) in [6, 6.07) is 17.1.